The first-order valence-electron chi connectivity index (χ1n) is 6.51. The Labute approximate surface area is 121 Å². The number of carboxylic acids is 1. The van der Waals surface area contributed by atoms with E-state index in [1.807, 2.05) is 37.3 Å². The monoisotopic (exact) mass is 279 g/mol. The Morgan fingerprint density at radius 3 is 2.52 bits per heavy atom. The summed E-state index contributed by atoms with van der Waals surface area (Å²) in [6.45, 7) is 1.93. The quantitative estimate of drug-likeness (QED) is 0.786. The topological polar surface area (TPSA) is 59.4 Å². The Morgan fingerprint density at radius 2 is 1.81 bits per heavy atom. The van der Waals surface area contributed by atoms with Gasteiger partial charge in [-0.2, -0.15) is 0 Å². The molecule has 1 heterocycles. The van der Waals surface area contributed by atoms with Crippen molar-refractivity contribution in [2.75, 3.05) is 0 Å². The molecule has 0 amide bonds. The molecule has 3 rings (SSSR count). The lowest BCUT2D eigenvalue weighted by Gasteiger charge is -2.09. The summed E-state index contributed by atoms with van der Waals surface area (Å²) >= 11 is 0. The van der Waals surface area contributed by atoms with E-state index in [0.29, 0.717) is 11.6 Å². The number of benzene rings is 2. The highest BCUT2D eigenvalue weighted by Gasteiger charge is 2.07. The van der Waals surface area contributed by atoms with E-state index in [0.717, 1.165) is 16.5 Å². The van der Waals surface area contributed by atoms with Crippen LogP contribution >= 0.6 is 0 Å². The van der Waals surface area contributed by atoms with Gasteiger partial charge in [-0.25, -0.2) is 9.78 Å². The highest BCUT2D eigenvalue weighted by atomic mass is 16.5. The van der Waals surface area contributed by atoms with Crippen LogP contribution < -0.4 is 4.74 Å². The van der Waals surface area contributed by atoms with Gasteiger partial charge in [-0.05, 0) is 43.3 Å². The molecule has 1 N–H and O–H groups in total. The molecule has 0 aliphatic rings. The molecule has 0 aliphatic heterocycles. The number of rotatable bonds is 3. The molecule has 4 heteroatoms. The van der Waals surface area contributed by atoms with Gasteiger partial charge in [-0.15, -0.1) is 0 Å². The van der Waals surface area contributed by atoms with Crippen molar-refractivity contribution in [3.8, 4) is 11.6 Å². The fourth-order valence-electron chi connectivity index (χ4n) is 2.08. The molecule has 0 atom stereocenters. The molecule has 0 unspecified atom stereocenters. The minimum absolute atomic E-state index is 0.227. The van der Waals surface area contributed by atoms with Crippen LogP contribution in [-0.4, -0.2) is 16.1 Å². The fourth-order valence-corrected chi connectivity index (χ4v) is 2.08. The molecule has 3 aromatic rings. The molecule has 1 aromatic heterocycles. The van der Waals surface area contributed by atoms with Crippen LogP contribution in [0.1, 0.15) is 15.9 Å². The van der Waals surface area contributed by atoms with Crippen molar-refractivity contribution in [3.63, 3.8) is 0 Å². The number of ether oxygens (including phenoxy) is 1. The molecule has 0 spiro atoms. The number of aromatic nitrogens is 1. The molecule has 0 aliphatic carbocycles. The summed E-state index contributed by atoms with van der Waals surface area (Å²) in [5.41, 5.74) is 2.02. The van der Waals surface area contributed by atoms with Gasteiger partial charge in [0.25, 0.3) is 0 Å². The average molecular weight is 279 g/mol. The van der Waals surface area contributed by atoms with E-state index >= 15 is 0 Å². The van der Waals surface area contributed by atoms with Crippen LogP contribution in [-0.2, 0) is 0 Å². The molecule has 0 radical (unpaired) electrons. The predicted molar refractivity (Wildman–Crippen MR) is 80.0 cm³/mol. The number of pyridine rings is 1. The van der Waals surface area contributed by atoms with E-state index in [1.54, 1.807) is 12.1 Å². The van der Waals surface area contributed by atoms with E-state index < -0.39 is 5.97 Å². The Bertz CT molecular complexity index is 810. The molecular weight excluding hydrogens is 266 g/mol. The van der Waals surface area contributed by atoms with Crippen LogP contribution in [0.3, 0.4) is 0 Å². The van der Waals surface area contributed by atoms with Crippen LogP contribution in [0.15, 0.2) is 54.6 Å². The standard InChI is InChI=1S/C17H13NO3/c1-11-10-13-4-2-3-5-15(13)18-16(11)21-14-8-6-12(7-9-14)17(19)20/h2-10H,1H3,(H,19,20). The van der Waals surface area contributed by atoms with E-state index in [4.69, 9.17) is 9.84 Å². The summed E-state index contributed by atoms with van der Waals surface area (Å²) in [4.78, 5) is 15.3. The van der Waals surface area contributed by atoms with E-state index in [-0.39, 0.29) is 5.56 Å². The molecular formula is C17H13NO3. The minimum Gasteiger partial charge on any atom is -0.478 e. The summed E-state index contributed by atoms with van der Waals surface area (Å²) in [6.07, 6.45) is 0. The number of carbonyl (C=O) groups is 1. The van der Waals surface area contributed by atoms with Crippen LogP contribution in [0.4, 0.5) is 0 Å². The summed E-state index contributed by atoms with van der Waals surface area (Å²) in [7, 11) is 0. The normalized spacial score (nSPS) is 10.5. The first-order chi connectivity index (χ1) is 10.1. The third-order valence-electron chi connectivity index (χ3n) is 3.18. The van der Waals surface area contributed by atoms with Crippen molar-refractivity contribution in [3.05, 3.63) is 65.7 Å². The average Bonchev–Trinajstić information content (AvgIpc) is 2.48. The first kappa shape index (κ1) is 13.1. The van der Waals surface area contributed by atoms with Crippen molar-refractivity contribution < 1.29 is 14.6 Å². The molecule has 2 aromatic carbocycles. The van der Waals surface area contributed by atoms with Gasteiger partial charge in [0.15, 0.2) is 0 Å². The van der Waals surface area contributed by atoms with Crippen LogP contribution in [0.2, 0.25) is 0 Å². The maximum Gasteiger partial charge on any atom is 0.335 e. The lowest BCUT2D eigenvalue weighted by Crippen LogP contribution is -1.96. The number of fused-ring (bicyclic) bond motifs is 1. The SMILES string of the molecule is Cc1cc2ccccc2nc1Oc1ccc(C(=O)O)cc1. The Hall–Kier alpha value is -2.88. The molecule has 0 saturated heterocycles. The number of aromatic carboxylic acids is 1. The van der Waals surface area contributed by atoms with Gasteiger partial charge in [-0.1, -0.05) is 18.2 Å². The molecule has 0 saturated carbocycles. The van der Waals surface area contributed by atoms with Crippen LogP contribution in [0, 0.1) is 6.92 Å². The molecule has 21 heavy (non-hydrogen) atoms. The lowest BCUT2D eigenvalue weighted by atomic mass is 10.1. The predicted octanol–water partition coefficient (Wildman–Crippen LogP) is 4.03. The first-order valence-corrected chi connectivity index (χ1v) is 6.51. The Kier molecular flexibility index (Phi) is 3.28. The lowest BCUT2D eigenvalue weighted by molar-refractivity contribution is 0.0697. The van der Waals surface area contributed by atoms with Gasteiger partial charge >= 0.3 is 5.97 Å². The number of hydrogen-bond donors (Lipinski definition) is 1. The van der Waals surface area contributed by atoms with E-state index in [1.165, 1.54) is 12.1 Å². The smallest absolute Gasteiger partial charge is 0.335 e. The molecule has 104 valence electrons. The summed E-state index contributed by atoms with van der Waals surface area (Å²) in [5.74, 6) is 0.129. The summed E-state index contributed by atoms with van der Waals surface area (Å²) < 4.78 is 5.75. The van der Waals surface area contributed by atoms with Gasteiger partial charge in [0.05, 0.1) is 11.1 Å². The zero-order valence-electron chi connectivity index (χ0n) is 11.4. The van der Waals surface area contributed by atoms with E-state index in [2.05, 4.69) is 4.98 Å². The highest BCUT2D eigenvalue weighted by Crippen LogP contribution is 2.26. The molecule has 4 nitrogen and oxygen atoms in total. The highest BCUT2D eigenvalue weighted by molar-refractivity contribution is 5.87. The van der Waals surface area contributed by atoms with Crippen molar-refractivity contribution in [2.45, 2.75) is 6.92 Å². The zero-order chi connectivity index (χ0) is 14.8. The maximum absolute atomic E-state index is 10.8. The largest absolute Gasteiger partial charge is 0.478 e. The third kappa shape index (κ3) is 2.69. The Balaban J connectivity index is 1.93. The fraction of sp³-hybridized carbons (Fsp3) is 0.0588. The van der Waals surface area contributed by atoms with Crippen LogP contribution in [0.5, 0.6) is 11.6 Å². The minimum atomic E-state index is -0.957. The number of aryl methyl sites for hydroxylation is 1. The van der Waals surface area contributed by atoms with Gasteiger partial charge in [0.2, 0.25) is 5.88 Å². The second-order valence-electron chi connectivity index (χ2n) is 4.73. The summed E-state index contributed by atoms with van der Waals surface area (Å²) in [6, 6.07) is 16.1. The second kappa shape index (κ2) is 5.25. The van der Waals surface area contributed by atoms with Gasteiger partial charge in [0.1, 0.15) is 5.75 Å². The number of hydrogen-bond acceptors (Lipinski definition) is 3. The number of para-hydroxylation sites is 1. The second-order valence-corrected chi connectivity index (χ2v) is 4.73. The van der Waals surface area contributed by atoms with Crippen molar-refractivity contribution in [1.82, 2.24) is 4.98 Å². The third-order valence-corrected chi connectivity index (χ3v) is 3.18. The zero-order valence-corrected chi connectivity index (χ0v) is 11.4. The number of nitrogens with zero attached hydrogens (tertiary/aromatic N) is 1. The molecule has 0 bridgehead atoms. The van der Waals surface area contributed by atoms with Gasteiger partial charge in [-0.3, -0.25) is 0 Å². The maximum atomic E-state index is 10.8. The van der Waals surface area contributed by atoms with Crippen molar-refractivity contribution in [2.24, 2.45) is 0 Å². The van der Waals surface area contributed by atoms with Crippen molar-refractivity contribution >= 4 is 16.9 Å². The van der Waals surface area contributed by atoms with Crippen molar-refractivity contribution in [1.29, 1.82) is 0 Å². The van der Waals surface area contributed by atoms with Gasteiger partial charge < -0.3 is 9.84 Å². The van der Waals surface area contributed by atoms with Gasteiger partial charge in [0, 0.05) is 10.9 Å². The van der Waals surface area contributed by atoms with E-state index in [9.17, 15) is 4.79 Å². The summed E-state index contributed by atoms with van der Waals surface area (Å²) in [5, 5.41) is 9.93. The number of carboxylic acid groups (broad SMARTS) is 1. The van der Waals surface area contributed by atoms with Crippen LogP contribution in [0.25, 0.3) is 10.9 Å². The Morgan fingerprint density at radius 1 is 1.10 bits per heavy atom. The molecule has 0 fully saturated rings.